The van der Waals surface area contributed by atoms with Crippen molar-refractivity contribution < 1.29 is 19.4 Å². The number of carbonyl (C=O) groups excluding carboxylic acids is 2. The first-order chi connectivity index (χ1) is 11.6. The van der Waals surface area contributed by atoms with Gasteiger partial charge >= 0.3 is 5.97 Å². The maximum absolute atomic E-state index is 12.5. The minimum absolute atomic E-state index is 0.0881. The molecule has 1 aliphatic rings. The summed E-state index contributed by atoms with van der Waals surface area (Å²) in [5.41, 5.74) is 2.30. The van der Waals surface area contributed by atoms with E-state index in [1.165, 1.54) is 12.0 Å². The first kappa shape index (κ1) is 15.9. The topological polar surface area (TPSA) is 110 Å². The molecule has 0 unspecified atom stereocenters. The molecule has 0 fully saturated rings. The maximum atomic E-state index is 12.5. The average molecular weight is 331 g/mol. The molecule has 2 aromatic rings. The molecule has 9 heteroatoms. The van der Waals surface area contributed by atoms with Gasteiger partial charge in [-0.1, -0.05) is 11.3 Å². The van der Waals surface area contributed by atoms with E-state index < -0.39 is 5.97 Å². The third-order valence-electron chi connectivity index (χ3n) is 3.86. The molecule has 2 heterocycles. The van der Waals surface area contributed by atoms with Gasteiger partial charge in [0.2, 0.25) is 0 Å². The zero-order valence-corrected chi connectivity index (χ0v) is 13.3. The van der Waals surface area contributed by atoms with Crippen LogP contribution in [0.5, 0.6) is 0 Å². The highest BCUT2D eigenvalue weighted by atomic mass is 16.5. The summed E-state index contributed by atoms with van der Waals surface area (Å²) in [7, 11) is 3.03. The summed E-state index contributed by atoms with van der Waals surface area (Å²) in [6, 6.07) is 5.41. The van der Waals surface area contributed by atoms with Gasteiger partial charge < -0.3 is 20.1 Å². The van der Waals surface area contributed by atoms with Crippen LogP contribution in [0, 0.1) is 0 Å². The minimum Gasteiger partial charge on any atom is -0.466 e. The molecule has 3 rings (SSSR count). The average Bonchev–Trinajstić information content (AvgIpc) is 3.11. The molecule has 24 heavy (non-hydrogen) atoms. The number of hydrogen-bond acceptors (Lipinski definition) is 7. The van der Waals surface area contributed by atoms with E-state index in [9.17, 15) is 9.59 Å². The number of nitrogens with zero attached hydrogens (tertiary/aromatic N) is 4. The van der Waals surface area contributed by atoms with Gasteiger partial charge in [-0.2, -0.15) is 0 Å². The van der Waals surface area contributed by atoms with Gasteiger partial charge in [0, 0.05) is 13.6 Å². The highest BCUT2D eigenvalue weighted by molar-refractivity contribution is 6.09. The van der Waals surface area contributed by atoms with Crippen LogP contribution < -0.4 is 5.32 Å². The Morgan fingerprint density at radius 1 is 1.46 bits per heavy atom. The Morgan fingerprint density at radius 2 is 2.25 bits per heavy atom. The number of nitrogens with one attached hydrogen (secondary N) is 1. The number of esters is 1. The number of aromatic nitrogens is 3. The number of anilines is 1. The van der Waals surface area contributed by atoms with Gasteiger partial charge in [-0.25, -0.2) is 9.48 Å². The smallest absolute Gasteiger partial charge is 0.337 e. The molecular weight excluding hydrogens is 314 g/mol. The second kappa shape index (κ2) is 6.28. The molecule has 0 aliphatic carbocycles. The molecule has 9 nitrogen and oxygen atoms in total. The summed E-state index contributed by atoms with van der Waals surface area (Å²) in [6.45, 7) is 0.0396. The number of carbonyl (C=O) groups is 2. The van der Waals surface area contributed by atoms with Crippen LogP contribution in [0.25, 0.3) is 11.0 Å². The monoisotopic (exact) mass is 331 g/mol. The van der Waals surface area contributed by atoms with Gasteiger partial charge in [-0.3, -0.25) is 4.79 Å². The van der Waals surface area contributed by atoms with Gasteiger partial charge in [-0.15, -0.1) is 5.10 Å². The van der Waals surface area contributed by atoms with E-state index in [-0.39, 0.29) is 36.9 Å². The molecule has 1 aromatic carbocycles. The Morgan fingerprint density at radius 3 is 2.96 bits per heavy atom. The Bertz CT molecular complexity index is 842. The quantitative estimate of drug-likeness (QED) is 0.720. The molecule has 0 bridgehead atoms. The summed E-state index contributed by atoms with van der Waals surface area (Å²) < 4.78 is 6.37. The Balaban J connectivity index is 2.01. The number of ether oxygens (including phenoxy) is 1. The van der Waals surface area contributed by atoms with Crippen LogP contribution in [0.15, 0.2) is 29.5 Å². The lowest BCUT2D eigenvalue weighted by atomic mass is 10.2. The van der Waals surface area contributed by atoms with Crippen LogP contribution in [-0.4, -0.2) is 63.7 Å². The highest BCUT2D eigenvalue weighted by Gasteiger charge is 2.34. The SMILES string of the molecule is COC(=O)C1=C(Nc2cccc3c2nnn3C)C(=O)N(CCO)C1. The molecule has 2 N–H and O–H groups in total. The first-order valence-corrected chi connectivity index (χ1v) is 7.33. The second-order valence-electron chi connectivity index (χ2n) is 5.31. The number of rotatable bonds is 5. The molecule has 1 aromatic heterocycles. The van der Waals surface area contributed by atoms with Crippen LogP contribution in [0.4, 0.5) is 5.69 Å². The van der Waals surface area contributed by atoms with Crippen LogP contribution in [0.3, 0.4) is 0 Å². The van der Waals surface area contributed by atoms with Crippen LogP contribution in [0.2, 0.25) is 0 Å². The lowest BCUT2D eigenvalue weighted by Crippen LogP contribution is -2.31. The summed E-state index contributed by atoms with van der Waals surface area (Å²) >= 11 is 0. The van der Waals surface area contributed by atoms with E-state index in [4.69, 9.17) is 9.84 Å². The number of benzene rings is 1. The molecule has 0 saturated heterocycles. The van der Waals surface area contributed by atoms with Crippen LogP contribution in [0.1, 0.15) is 0 Å². The highest BCUT2D eigenvalue weighted by Crippen LogP contribution is 2.26. The van der Waals surface area contributed by atoms with E-state index in [0.717, 1.165) is 5.52 Å². The minimum atomic E-state index is -0.586. The number of hydrogen-bond donors (Lipinski definition) is 2. The van der Waals surface area contributed by atoms with Crippen molar-refractivity contribution in [3.8, 4) is 0 Å². The first-order valence-electron chi connectivity index (χ1n) is 7.33. The predicted octanol–water partition coefficient (Wildman–Crippen LogP) is -0.358. The van der Waals surface area contributed by atoms with Crippen molar-refractivity contribution in [2.45, 2.75) is 0 Å². The van der Waals surface area contributed by atoms with Crippen molar-refractivity contribution in [1.82, 2.24) is 19.9 Å². The predicted molar refractivity (Wildman–Crippen MR) is 84.8 cm³/mol. The Hall–Kier alpha value is -2.94. The van der Waals surface area contributed by atoms with Crippen molar-refractivity contribution >= 4 is 28.6 Å². The van der Waals surface area contributed by atoms with Crippen molar-refractivity contribution in [2.75, 3.05) is 32.1 Å². The van der Waals surface area contributed by atoms with E-state index in [0.29, 0.717) is 11.2 Å². The fraction of sp³-hybridized carbons (Fsp3) is 0.333. The van der Waals surface area contributed by atoms with E-state index in [1.807, 2.05) is 6.07 Å². The van der Waals surface area contributed by atoms with Crippen LogP contribution in [-0.2, 0) is 21.4 Å². The lowest BCUT2D eigenvalue weighted by Gasteiger charge is -2.15. The molecule has 0 saturated carbocycles. The fourth-order valence-corrected chi connectivity index (χ4v) is 2.64. The van der Waals surface area contributed by atoms with E-state index in [2.05, 4.69) is 15.6 Å². The van der Waals surface area contributed by atoms with Crippen molar-refractivity contribution in [1.29, 1.82) is 0 Å². The molecular formula is C15H17N5O4. The summed E-state index contributed by atoms with van der Waals surface area (Å²) in [4.78, 5) is 25.9. The van der Waals surface area contributed by atoms with Crippen LogP contribution >= 0.6 is 0 Å². The standard InChI is InChI=1S/C15H17N5O4/c1-19-11-5-3-4-10(13(11)17-18-19)16-12-9(15(23)24-2)8-20(6-7-21)14(12)22/h3-5,16,21H,6-8H2,1-2H3. The normalized spacial score (nSPS) is 14.6. The third kappa shape index (κ3) is 2.58. The number of methoxy groups -OCH3 is 1. The van der Waals surface area contributed by atoms with Crippen molar-refractivity contribution in [3.05, 3.63) is 29.5 Å². The van der Waals surface area contributed by atoms with Gasteiger partial charge in [-0.05, 0) is 12.1 Å². The van der Waals surface area contributed by atoms with E-state index in [1.54, 1.807) is 23.9 Å². The van der Waals surface area contributed by atoms with E-state index >= 15 is 0 Å². The number of aliphatic hydroxyl groups excluding tert-OH is 1. The summed E-state index contributed by atoms with van der Waals surface area (Å²) in [6.07, 6.45) is 0. The van der Waals surface area contributed by atoms with Gasteiger partial charge in [0.05, 0.1) is 37.0 Å². The molecule has 0 radical (unpaired) electrons. The maximum Gasteiger partial charge on any atom is 0.337 e. The third-order valence-corrected chi connectivity index (χ3v) is 3.86. The second-order valence-corrected chi connectivity index (χ2v) is 5.31. The number of aryl methyl sites for hydroxylation is 1. The zero-order chi connectivity index (χ0) is 17.3. The molecule has 126 valence electrons. The Labute approximate surface area is 137 Å². The fourth-order valence-electron chi connectivity index (χ4n) is 2.64. The molecule has 1 aliphatic heterocycles. The van der Waals surface area contributed by atoms with Gasteiger partial charge in [0.1, 0.15) is 11.2 Å². The molecule has 0 spiro atoms. The Kier molecular flexibility index (Phi) is 4.17. The number of amides is 1. The van der Waals surface area contributed by atoms with Crippen molar-refractivity contribution in [3.63, 3.8) is 0 Å². The van der Waals surface area contributed by atoms with Gasteiger partial charge in [0.25, 0.3) is 5.91 Å². The number of aliphatic hydroxyl groups is 1. The lowest BCUT2D eigenvalue weighted by molar-refractivity contribution is -0.136. The van der Waals surface area contributed by atoms with Gasteiger partial charge in [0.15, 0.2) is 0 Å². The summed E-state index contributed by atoms with van der Waals surface area (Å²) in [5.74, 6) is -0.956. The van der Waals surface area contributed by atoms with Crippen molar-refractivity contribution in [2.24, 2.45) is 7.05 Å². The number of β-amino-alcohol motifs (C(OH)–C–C–N with tert-alkyl or cyclic N) is 1. The summed E-state index contributed by atoms with van der Waals surface area (Å²) in [5, 5.41) is 20.1. The number of fused-ring (bicyclic) bond motifs is 1. The largest absolute Gasteiger partial charge is 0.466 e. The molecule has 0 atom stereocenters. The molecule has 1 amide bonds. The zero-order valence-electron chi connectivity index (χ0n) is 13.3.